The van der Waals surface area contributed by atoms with Crippen LogP contribution in [-0.4, -0.2) is 57.9 Å². The molecule has 1 saturated heterocycles. The predicted molar refractivity (Wildman–Crippen MR) is 36.9 cm³/mol. The van der Waals surface area contributed by atoms with Gasteiger partial charge in [0.1, 0.15) is 6.10 Å². The van der Waals surface area contributed by atoms with Crippen LogP contribution in [0.1, 0.15) is 0 Å². The molecule has 1 aliphatic rings. The molecular formula is C6H13NO4. The maximum Gasteiger partial charge on any atom is 0.109 e. The van der Waals surface area contributed by atoms with Gasteiger partial charge in [-0.15, -0.1) is 0 Å². The second kappa shape index (κ2) is 3.46. The largest absolute Gasteiger partial charge is 0.395 e. The van der Waals surface area contributed by atoms with E-state index in [2.05, 4.69) is 5.32 Å². The highest BCUT2D eigenvalue weighted by molar-refractivity contribution is 4.91. The molecule has 0 aromatic heterocycles. The number of β-amino-alcohol motifs (C(OH)–C–C–N with tert-alkyl or cyclic N) is 1. The van der Waals surface area contributed by atoms with Crippen molar-refractivity contribution in [1.82, 2.24) is 5.32 Å². The summed E-state index contributed by atoms with van der Waals surface area (Å²) in [6.07, 6.45) is -3.20. The quantitative estimate of drug-likeness (QED) is 0.285. The van der Waals surface area contributed by atoms with Crippen LogP contribution in [0.4, 0.5) is 0 Å². The van der Waals surface area contributed by atoms with E-state index in [4.69, 9.17) is 15.3 Å². The Hall–Kier alpha value is -0.200. The predicted octanol–water partition coefficient (Wildman–Crippen LogP) is -2.97. The molecule has 0 bridgehead atoms. The highest BCUT2D eigenvalue weighted by Gasteiger charge is 2.35. The van der Waals surface area contributed by atoms with Crippen molar-refractivity contribution >= 4 is 0 Å². The summed E-state index contributed by atoms with van der Waals surface area (Å²) in [6, 6.07) is -0.534. The lowest BCUT2D eigenvalue weighted by atomic mass is 9.97. The normalized spacial score (nSPS) is 45.8. The van der Waals surface area contributed by atoms with E-state index < -0.39 is 24.4 Å². The van der Waals surface area contributed by atoms with Crippen LogP contribution < -0.4 is 5.32 Å². The minimum atomic E-state index is -1.16. The lowest BCUT2D eigenvalue weighted by molar-refractivity contribution is -0.101. The maximum absolute atomic E-state index is 9.18. The van der Waals surface area contributed by atoms with Gasteiger partial charge in [0.2, 0.25) is 0 Å². The molecule has 0 radical (unpaired) electrons. The first-order valence-electron chi connectivity index (χ1n) is 3.55. The Morgan fingerprint density at radius 2 is 1.82 bits per heavy atom. The Morgan fingerprint density at radius 1 is 1.18 bits per heavy atom. The van der Waals surface area contributed by atoms with Crippen LogP contribution in [0.25, 0.3) is 0 Å². The van der Waals surface area contributed by atoms with Crippen molar-refractivity contribution in [3.63, 3.8) is 0 Å². The summed E-state index contributed by atoms with van der Waals surface area (Å²) in [5.74, 6) is 0. The fourth-order valence-corrected chi connectivity index (χ4v) is 1.15. The Balaban J connectivity index is 2.52. The van der Waals surface area contributed by atoms with Crippen LogP contribution in [0.3, 0.4) is 0 Å². The third kappa shape index (κ3) is 1.69. The topological polar surface area (TPSA) is 93.0 Å². The number of nitrogens with one attached hydrogen (secondary N) is 1. The lowest BCUT2D eigenvalue weighted by Gasteiger charge is -2.34. The summed E-state index contributed by atoms with van der Waals surface area (Å²) in [4.78, 5) is 0. The van der Waals surface area contributed by atoms with Crippen molar-refractivity contribution in [2.24, 2.45) is 0 Å². The zero-order valence-corrected chi connectivity index (χ0v) is 6.01. The Morgan fingerprint density at radius 3 is 2.36 bits per heavy atom. The van der Waals surface area contributed by atoms with Crippen LogP contribution in [0.15, 0.2) is 0 Å². The first-order chi connectivity index (χ1) is 5.16. The van der Waals surface area contributed by atoms with E-state index in [0.29, 0.717) is 0 Å². The molecule has 1 rings (SSSR count). The summed E-state index contributed by atoms with van der Waals surface area (Å²) in [5, 5.41) is 38.6. The van der Waals surface area contributed by atoms with E-state index in [1.54, 1.807) is 0 Å². The lowest BCUT2D eigenvalue weighted by Crippen LogP contribution is -2.60. The second-order valence-electron chi connectivity index (χ2n) is 2.75. The third-order valence-corrected chi connectivity index (χ3v) is 1.94. The van der Waals surface area contributed by atoms with Crippen LogP contribution in [0, 0.1) is 0 Å². The molecule has 1 aliphatic heterocycles. The summed E-state index contributed by atoms with van der Waals surface area (Å²) < 4.78 is 0. The van der Waals surface area contributed by atoms with Gasteiger partial charge in [-0.05, 0) is 0 Å². The van der Waals surface area contributed by atoms with E-state index in [1.807, 2.05) is 0 Å². The Bertz CT molecular complexity index is 130. The molecule has 0 aliphatic carbocycles. The molecule has 0 aromatic carbocycles. The molecule has 0 amide bonds. The highest BCUT2D eigenvalue weighted by Crippen LogP contribution is 2.09. The van der Waals surface area contributed by atoms with Gasteiger partial charge in [0.15, 0.2) is 0 Å². The molecule has 66 valence electrons. The van der Waals surface area contributed by atoms with Crippen molar-refractivity contribution in [3.8, 4) is 0 Å². The average molecular weight is 163 g/mol. The van der Waals surface area contributed by atoms with Gasteiger partial charge in [-0.2, -0.15) is 0 Å². The molecule has 0 aromatic rings. The molecule has 0 spiro atoms. The second-order valence-corrected chi connectivity index (χ2v) is 2.75. The summed E-state index contributed by atoms with van der Waals surface area (Å²) in [5.41, 5.74) is 0. The number of aliphatic hydroxyl groups excluding tert-OH is 4. The van der Waals surface area contributed by atoms with Gasteiger partial charge in [-0.25, -0.2) is 0 Å². The maximum atomic E-state index is 9.18. The molecular weight excluding hydrogens is 150 g/mol. The van der Waals surface area contributed by atoms with Crippen LogP contribution >= 0.6 is 0 Å². The first-order valence-corrected chi connectivity index (χ1v) is 3.55. The van der Waals surface area contributed by atoms with E-state index in [-0.39, 0.29) is 13.2 Å². The van der Waals surface area contributed by atoms with Gasteiger partial charge < -0.3 is 25.7 Å². The molecule has 0 saturated carbocycles. The zero-order valence-electron chi connectivity index (χ0n) is 6.01. The number of hydrogen-bond acceptors (Lipinski definition) is 5. The number of piperidine rings is 1. The monoisotopic (exact) mass is 163 g/mol. The molecule has 1 fully saturated rings. The summed E-state index contributed by atoms with van der Waals surface area (Å²) >= 11 is 0. The standard InChI is InChI=1S/C6H13NO4/c8-2-3-5(10)6(11)4(9)1-7-3/h3-11H,1-2H2/t3-,4+,5?,6-/m1/s1. The van der Waals surface area contributed by atoms with Gasteiger partial charge >= 0.3 is 0 Å². The van der Waals surface area contributed by atoms with Crippen molar-refractivity contribution < 1.29 is 20.4 Å². The summed E-state index contributed by atoms with van der Waals surface area (Å²) in [6.45, 7) is -0.0472. The van der Waals surface area contributed by atoms with Crippen molar-refractivity contribution in [2.75, 3.05) is 13.2 Å². The van der Waals surface area contributed by atoms with Crippen molar-refractivity contribution in [1.29, 1.82) is 0 Å². The molecule has 5 heteroatoms. The van der Waals surface area contributed by atoms with Gasteiger partial charge in [-0.1, -0.05) is 0 Å². The Labute approximate surface area is 64.3 Å². The molecule has 5 nitrogen and oxygen atoms in total. The average Bonchev–Trinajstić information content (AvgIpc) is 2.01. The van der Waals surface area contributed by atoms with Crippen LogP contribution in [0.5, 0.6) is 0 Å². The van der Waals surface area contributed by atoms with Gasteiger partial charge in [0, 0.05) is 6.54 Å². The summed E-state index contributed by atoms with van der Waals surface area (Å²) in [7, 11) is 0. The van der Waals surface area contributed by atoms with Crippen LogP contribution in [-0.2, 0) is 0 Å². The minimum Gasteiger partial charge on any atom is -0.395 e. The smallest absolute Gasteiger partial charge is 0.109 e. The van der Waals surface area contributed by atoms with Gasteiger partial charge in [0.05, 0.1) is 24.9 Å². The minimum absolute atomic E-state index is 0.198. The number of rotatable bonds is 1. The fraction of sp³-hybridized carbons (Fsp3) is 1.00. The molecule has 5 N–H and O–H groups in total. The molecule has 1 unspecified atom stereocenters. The molecule has 1 heterocycles. The van der Waals surface area contributed by atoms with Crippen molar-refractivity contribution in [3.05, 3.63) is 0 Å². The SMILES string of the molecule is OC[C@H]1NC[C@H](O)[C@@H](O)C1O. The van der Waals surface area contributed by atoms with E-state index in [9.17, 15) is 5.11 Å². The van der Waals surface area contributed by atoms with Crippen molar-refractivity contribution in [2.45, 2.75) is 24.4 Å². The zero-order chi connectivity index (χ0) is 8.43. The van der Waals surface area contributed by atoms with Gasteiger partial charge in [0.25, 0.3) is 0 Å². The Kier molecular flexibility index (Phi) is 2.80. The van der Waals surface area contributed by atoms with E-state index in [0.717, 1.165) is 0 Å². The fourth-order valence-electron chi connectivity index (χ4n) is 1.15. The van der Waals surface area contributed by atoms with Crippen LogP contribution in [0.2, 0.25) is 0 Å². The number of aliphatic hydroxyl groups is 4. The van der Waals surface area contributed by atoms with E-state index >= 15 is 0 Å². The highest BCUT2D eigenvalue weighted by atomic mass is 16.4. The molecule has 11 heavy (non-hydrogen) atoms. The first kappa shape index (κ1) is 8.89. The number of hydrogen-bond donors (Lipinski definition) is 5. The third-order valence-electron chi connectivity index (χ3n) is 1.94. The van der Waals surface area contributed by atoms with E-state index in [1.165, 1.54) is 0 Å². The van der Waals surface area contributed by atoms with Gasteiger partial charge in [-0.3, -0.25) is 0 Å². The molecule has 4 atom stereocenters.